The molecule has 0 saturated carbocycles. The van der Waals surface area contributed by atoms with Gasteiger partial charge in [0.15, 0.2) is 11.6 Å². The lowest BCUT2D eigenvalue weighted by atomic mass is 10.3. The highest BCUT2D eigenvalue weighted by Gasteiger charge is 2.12. The molecule has 1 aromatic carbocycles. The summed E-state index contributed by atoms with van der Waals surface area (Å²) >= 11 is 0. The van der Waals surface area contributed by atoms with Crippen LogP contribution in [0.25, 0.3) is 0 Å². The second kappa shape index (κ2) is 8.59. The molecule has 0 aromatic heterocycles. The van der Waals surface area contributed by atoms with Crippen molar-refractivity contribution >= 4 is 11.7 Å². The molecule has 2 N–H and O–H groups in total. The van der Waals surface area contributed by atoms with E-state index in [0.29, 0.717) is 26.3 Å². The Kier molecular flexibility index (Phi) is 6.48. The molecule has 6 nitrogen and oxygen atoms in total. The summed E-state index contributed by atoms with van der Waals surface area (Å²) in [6.45, 7) is 1.01. The lowest BCUT2D eigenvalue weighted by Gasteiger charge is -2.26. The number of alkyl halides is 2. The number of halogens is 3. The fourth-order valence-corrected chi connectivity index (χ4v) is 2.10. The lowest BCUT2D eigenvalue weighted by Crippen LogP contribution is -2.42. The van der Waals surface area contributed by atoms with Gasteiger partial charge in [0, 0.05) is 37.9 Å². The largest absolute Gasteiger partial charge is 0.432 e. The molecule has 0 spiro atoms. The molecule has 1 aromatic rings. The van der Waals surface area contributed by atoms with Crippen molar-refractivity contribution < 1.29 is 27.4 Å². The van der Waals surface area contributed by atoms with Crippen LogP contribution < -0.4 is 15.4 Å². The van der Waals surface area contributed by atoms with Gasteiger partial charge in [-0.2, -0.15) is 8.78 Å². The van der Waals surface area contributed by atoms with Gasteiger partial charge in [-0.15, -0.1) is 0 Å². The summed E-state index contributed by atoms with van der Waals surface area (Å²) in [5, 5.41) is 5.06. The molecular weight excluding hydrogens is 315 g/mol. The van der Waals surface area contributed by atoms with Crippen molar-refractivity contribution in [3.8, 4) is 5.75 Å². The van der Waals surface area contributed by atoms with Gasteiger partial charge in [0.2, 0.25) is 0 Å². The fourth-order valence-electron chi connectivity index (χ4n) is 2.10. The number of benzene rings is 1. The molecule has 1 fully saturated rings. The van der Waals surface area contributed by atoms with Crippen LogP contribution in [0.15, 0.2) is 18.2 Å². The van der Waals surface area contributed by atoms with E-state index >= 15 is 0 Å². The van der Waals surface area contributed by atoms with Gasteiger partial charge < -0.3 is 20.1 Å². The Hall–Kier alpha value is -2.00. The molecule has 2 rings (SSSR count). The molecule has 1 saturated heterocycles. The number of ether oxygens (including phenoxy) is 2. The van der Waals surface area contributed by atoms with Crippen LogP contribution in [0.5, 0.6) is 5.75 Å². The average Bonchev–Trinajstić information content (AvgIpc) is 2.51. The van der Waals surface area contributed by atoms with Crippen molar-refractivity contribution in [3.63, 3.8) is 0 Å². The maximum Gasteiger partial charge on any atom is 0.387 e. The number of carbonyl (C=O) groups is 1. The number of amides is 2. The van der Waals surface area contributed by atoms with Crippen molar-refractivity contribution in [2.45, 2.75) is 6.61 Å². The van der Waals surface area contributed by atoms with Crippen LogP contribution >= 0.6 is 0 Å². The van der Waals surface area contributed by atoms with Crippen molar-refractivity contribution in [1.29, 1.82) is 0 Å². The summed E-state index contributed by atoms with van der Waals surface area (Å²) in [4.78, 5) is 13.8. The smallest absolute Gasteiger partial charge is 0.387 e. The second-order valence-electron chi connectivity index (χ2n) is 4.86. The van der Waals surface area contributed by atoms with Crippen LogP contribution in [-0.4, -0.2) is 56.9 Å². The van der Waals surface area contributed by atoms with Crippen molar-refractivity contribution in [2.75, 3.05) is 44.7 Å². The molecule has 0 atom stereocenters. The minimum Gasteiger partial charge on any atom is -0.432 e. The Morgan fingerprint density at radius 2 is 2.09 bits per heavy atom. The molecule has 2 amide bonds. The molecule has 0 unspecified atom stereocenters. The summed E-state index contributed by atoms with van der Waals surface area (Å²) in [6.07, 6.45) is 0. The van der Waals surface area contributed by atoms with Crippen LogP contribution in [0.1, 0.15) is 0 Å². The Morgan fingerprint density at radius 3 is 2.74 bits per heavy atom. The third-order valence-electron chi connectivity index (χ3n) is 3.22. The highest BCUT2D eigenvalue weighted by Crippen LogP contribution is 2.22. The molecule has 0 aliphatic carbocycles. The number of anilines is 1. The SMILES string of the molecule is O=C(NCCN1CCOCC1)Nc1ccc(OC(F)F)c(F)c1. The van der Waals surface area contributed by atoms with E-state index in [0.717, 1.165) is 25.2 Å². The van der Waals surface area contributed by atoms with Gasteiger partial charge >= 0.3 is 12.6 Å². The first-order valence-corrected chi connectivity index (χ1v) is 7.14. The van der Waals surface area contributed by atoms with E-state index in [9.17, 15) is 18.0 Å². The molecule has 1 aliphatic rings. The normalized spacial score (nSPS) is 15.5. The molecular formula is C14H18F3N3O3. The summed E-state index contributed by atoms with van der Waals surface area (Å²) in [7, 11) is 0. The van der Waals surface area contributed by atoms with E-state index in [1.165, 1.54) is 6.07 Å². The van der Waals surface area contributed by atoms with Crippen molar-refractivity contribution in [3.05, 3.63) is 24.0 Å². The minimum absolute atomic E-state index is 0.146. The number of urea groups is 1. The number of carbonyl (C=O) groups excluding carboxylic acids is 1. The summed E-state index contributed by atoms with van der Waals surface area (Å²) < 4.78 is 46.8. The molecule has 1 heterocycles. The molecule has 9 heteroatoms. The van der Waals surface area contributed by atoms with Crippen LogP contribution in [0.4, 0.5) is 23.7 Å². The fraction of sp³-hybridized carbons (Fsp3) is 0.500. The Morgan fingerprint density at radius 1 is 1.35 bits per heavy atom. The van der Waals surface area contributed by atoms with Gasteiger partial charge in [0.25, 0.3) is 0 Å². The van der Waals surface area contributed by atoms with Crippen LogP contribution in [0.2, 0.25) is 0 Å². The second-order valence-corrected chi connectivity index (χ2v) is 4.86. The Labute approximate surface area is 131 Å². The van der Waals surface area contributed by atoms with E-state index in [1.807, 2.05) is 0 Å². The quantitative estimate of drug-likeness (QED) is 0.834. The van der Waals surface area contributed by atoms with E-state index < -0.39 is 24.2 Å². The molecule has 1 aliphatic heterocycles. The van der Waals surface area contributed by atoms with E-state index in [1.54, 1.807) is 0 Å². The number of rotatable bonds is 6. The first-order valence-electron chi connectivity index (χ1n) is 7.14. The summed E-state index contributed by atoms with van der Waals surface area (Å²) in [6, 6.07) is 2.73. The van der Waals surface area contributed by atoms with Gasteiger partial charge in [0.1, 0.15) is 0 Å². The average molecular weight is 333 g/mol. The van der Waals surface area contributed by atoms with Crippen LogP contribution in [0, 0.1) is 5.82 Å². The molecule has 128 valence electrons. The van der Waals surface area contributed by atoms with Gasteiger partial charge in [-0.3, -0.25) is 4.90 Å². The predicted molar refractivity (Wildman–Crippen MR) is 77.3 cm³/mol. The third kappa shape index (κ3) is 5.95. The highest BCUT2D eigenvalue weighted by atomic mass is 19.3. The van der Waals surface area contributed by atoms with E-state index in [4.69, 9.17) is 4.74 Å². The first kappa shape index (κ1) is 17.4. The van der Waals surface area contributed by atoms with E-state index in [2.05, 4.69) is 20.3 Å². The Balaban J connectivity index is 1.75. The number of hydrogen-bond donors (Lipinski definition) is 2. The molecule has 0 radical (unpaired) electrons. The standard InChI is InChI=1S/C14H18F3N3O3/c15-11-9-10(1-2-12(11)23-13(16)17)19-14(21)18-3-4-20-5-7-22-8-6-20/h1-2,9,13H,3-8H2,(H2,18,19,21). The maximum absolute atomic E-state index is 13.5. The molecule has 0 bridgehead atoms. The highest BCUT2D eigenvalue weighted by molar-refractivity contribution is 5.89. The van der Waals surface area contributed by atoms with Crippen LogP contribution in [0.3, 0.4) is 0 Å². The van der Waals surface area contributed by atoms with Crippen LogP contribution in [-0.2, 0) is 4.74 Å². The lowest BCUT2D eigenvalue weighted by molar-refractivity contribution is -0.0521. The van der Waals surface area contributed by atoms with Crippen molar-refractivity contribution in [1.82, 2.24) is 10.2 Å². The zero-order chi connectivity index (χ0) is 16.7. The first-order chi connectivity index (χ1) is 11.0. The minimum atomic E-state index is -3.10. The van der Waals surface area contributed by atoms with Crippen molar-refractivity contribution in [2.24, 2.45) is 0 Å². The number of morpholine rings is 1. The summed E-state index contributed by atoms with van der Waals surface area (Å²) in [5.41, 5.74) is 0.146. The van der Waals surface area contributed by atoms with Gasteiger partial charge in [-0.25, -0.2) is 9.18 Å². The monoisotopic (exact) mass is 333 g/mol. The van der Waals surface area contributed by atoms with Gasteiger partial charge in [0.05, 0.1) is 13.2 Å². The third-order valence-corrected chi connectivity index (χ3v) is 3.22. The van der Waals surface area contributed by atoms with Gasteiger partial charge in [-0.05, 0) is 12.1 Å². The summed E-state index contributed by atoms with van der Waals surface area (Å²) in [5.74, 6) is -1.55. The molecule has 23 heavy (non-hydrogen) atoms. The Bertz CT molecular complexity index is 525. The number of nitrogens with zero attached hydrogens (tertiary/aromatic N) is 1. The number of hydrogen-bond acceptors (Lipinski definition) is 4. The zero-order valence-corrected chi connectivity index (χ0v) is 12.4. The number of nitrogens with one attached hydrogen (secondary N) is 2. The van der Waals surface area contributed by atoms with Gasteiger partial charge in [-0.1, -0.05) is 0 Å². The topological polar surface area (TPSA) is 62.8 Å². The van der Waals surface area contributed by atoms with E-state index in [-0.39, 0.29) is 5.69 Å². The maximum atomic E-state index is 13.5. The predicted octanol–water partition coefficient (Wildman–Crippen LogP) is 1.88. The zero-order valence-electron chi connectivity index (χ0n) is 12.4.